The lowest BCUT2D eigenvalue weighted by Crippen LogP contribution is -2.40. The smallest absolute Gasteiger partial charge is 0.191 e. The molecule has 2 heterocycles. The third kappa shape index (κ3) is 8.76. The van der Waals surface area contributed by atoms with Crippen molar-refractivity contribution in [1.82, 2.24) is 15.5 Å². The molecule has 0 saturated carbocycles. The molecule has 0 bridgehead atoms. The number of halogens is 1. The first-order valence-electron chi connectivity index (χ1n) is 10.2. The Labute approximate surface area is 191 Å². The summed E-state index contributed by atoms with van der Waals surface area (Å²) < 4.78 is 10.8. The van der Waals surface area contributed by atoms with E-state index in [1.54, 1.807) is 6.26 Å². The Kier molecular flexibility index (Phi) is 11.1. The number of hydrogen-bond acceptors (Lipinski definition) is 4. The van der Waals surface area contributed by atoms with Crippen LogP contribution >= 0.6 is 24.0 Å². The number of ether oxygens (including phenoxy) is 1. The maximum absolute atomic E-state index is 5.42. The van der Waals surface area contributed by atoms with Crippen LogP contribution in [0, 0.1) is 0 Å². The summed E-state index contributed by atoms with van der Waals surface area (Å²) in [7, 11) is 0. The summed E-state index contributed by atoms with van der Waals surface area (Å²) >= 11 is 0. The predicted octanol–water partition coefficient (Wildman–Crippen LogP) is 3.46. The minimum atomic E-state index is 0. The number of nitrogens with zero attached hydrogens (tertiary/aromatic N) is 2. The van der Waals surface area contributed by atoms with Gasteiger partial charge in [-0.3, -0.25) is 9.89 Å². The normalized spacial score (nSPS) is 16.1. The fourth-order valence-corrected chi connectivity index (χ4v) is 3.25. The van der Waals surface area contributed by atoms with Gasteiger partial charge in [-0.05, 0) is 31.0 Å². The Hall–Kier alpha value is -1.58. The van der Waals surface area contributed by atoms with Crippen LogP contribution in [0.15, 0.2) is 58.1 Å². The van der Waals surface area contributed by atoms with Gasteiger partial charge in [0, 0.05) is 39.1 Å². The van der Waals surface area contributed by atoms with E-state index in [0.717, 1.165) is 70.5 Å². The van der Waals surface area contributed by atoms with E-state index in [-0.39, 0.29) is 30.0 Å². The van der Waals surface area contributed by atoms with Crippen LogP contribution in [0.1, 0.15) is 30.7 Å². The lowest BCUT2D eigenvalue weighted by atomic mass is 10.1. The summed E-state index contributed by atoms with van der Waals surface area (Å²) in [6, 6.07) is 14.6. The zero-order valence-electron chi connectivity index (χ0n) is 17.2. The minimum absolute atomic E-state index is 0. The van der Waals surface area contributed by atoms with Crippen molar-refractivity contribution in [2.24, 2.45) is 4.99 Å². The van der Waals surface area contributed by atoms with Crippen molar-refractivity contribution in [3.8, 4) is 0 Å². The third-order valence-corrected chi connectivity index (χ3v) is 4.90. The minimum Gasteiger partial charge on any atom is -0.469 e. The molecule has 29 heavy (non-hydrogen) atoms. The third-order valence-electron chi connectivity index (χ3n) is 4.90. The van der Waals surface area contributed by atoms with Gasteiger partial charge in [0.25, 0.3) is 0 Å². The van der Waals surface area contributed by atoms with E-state index in [1.165, 1.54) is 5.56 Å². The summed E-state index contributed by atoms with van der Waals surface area (Å²) in [5.74, 6) is 1.83. The molecule has 1 aromatic carbocycles. The summed E-state index contributed by atoms with van der Waals surface area (Å²) in [6.07, 6.45) is 3.59. The zero-order chi connectivity index (χ0) is 19.4. The molecule has 0 amide bonds. The summed E-state index contributed by atoms with van der Waals surface area (Å²) in [5.41, 5.74) is 1.25. The highest BCUT2D eigenvalue weighted by Gasteiger charge is 2.10. The summed E-state index contributed by atoms with van der Waals surface area (Å²) in [5, 5.41) is 6.97. The molecule has 2 N–H and O–H groups in total. The number of morpholine rings is 1. The van der Waals surface area contributed by atoms with Crippen molar-refractivity contribution in [3.63, 3.8) is 0 Å². The van der Waals surface area contributed by atoms with Crippen LogP contribution in [0.25, 0.3) is 0 Å². The van der Waals surface area contributed by atoms with Gasteiger partial charge in [-0.25, -0.2) is 0 Å². The fourth-order valence-electron chi connectivity index (χ4n) is 3.25. The molecule has 1 aliphatic heterocycles. The molecule has 3 rings (SSSR count). The highest BCUT2D eigenvalue weighted by atomic mass is 127. The second kappa shape index (κ2) is 13.6. The Balaban J connectivity index is 0.00000300. The monoisotopic (exact) mass is 512 g/mol. The Bertz CT molecular complexity index is 688. The molecular weight excluding hydrogens is 479 g/mol. The second-order valence-corrected chi connectivity index (χ2v) is 7.07. The van der Waals surface area contributed by atoms with Crippen LogP contribution in [0.2, 0.25) is 0 Å². The first-order chi connectivity index (χ1) is 13.8. The lowest BCUT2D eigenvalue weighted by molar-refractivity contribution is 0.0377. The average molecular weight is 512 g/mol. The van der Waals surface area contributed by atoms with Gasteiger partial charge in [0.05, 0.1) is 25.5 Å². The Morgan fingerprint density at radius 1 is 1.14 bits per heavy atom. The van der Waals surface area contributed by atoms with E-state index in [0.29, 0.717) is 0 Å². The Morgan fingerprint density at radius 2 is 1.93 bits per heavy atom. The lowest BCUT2D eigenvalue weighted by Gasteiger charge is -2.26. The van der Waals surface area contributed by atoms with Crippen molar-refractivity contribution >= 4 is 29.9 Å². The first-order valence-corrected chi connectivity index (χ1v) is 10.2. The van der Waals surface area contributed by atoms with E-state index in [1.807, 2.05) is 18.2 Å². The van der Waals surface area contributed by atoms with Gasteiger partial charge in [0.15, 0.2) is 5.96 Å². The maximum atomic E-state index is 5.42. The molecule has 1 unspecified atom stereocenters. The van der Waals surface area contributed by atoms with Crippen LogP contribution in [0.4, 0.5) is 0 Å². The van der Waals surface area contributed by atoms with Crippen LogP contribution in [-0.4, -0.2) is 56.8 Å². The standard InChI is InChI=1S/C22H32N4O2.HI/c1-19(20-7-3-2-4-8-20)25-22(24-12-10-21-9-5-16-28-21)23-11-6-13-26-14-17-27-18-15-26;/h2-5,7-9,16,19H,6,10-15,17-18H2,1H3,(H2,23,24,25);1H. The van der Waals surface area contributed by atoms with E-state index >= 15 is 0 Å². The van der Waals surface area contributed by atoms with Gasteiger partial charge >= 0.3 is 0 Å². The highest BCUT2D eigenvalue weighted by Crippen LogP contribution is 2.10. The topological polar surface area (TPSA) is 62.0 Å². The maximum Gasteiger partial charge on any atom is 0.191 e. The van der Waals surface area contributed by atoms with Gasteiger partial charge in [-0.1, -0.05) is 30.3 Å². The quantitative estimate of drug-likeness (QED) is 0.233. The second-order valence-electron chi connectivity index (χ2n) is 7.07. The molecule has 1 aromatic heterocycles. The molecule has 1 fully saturated rings. The molecule has 1 saturated heterocycles. The van der Waals surface area contributed by atoms with Crippen molar-refractivity contribution in [2.75, 3.05) is 45.9 Å². The summed E-state index contributed by atoms with van der Waals surface area (Å²) in [6.45, 7) is 8.56. The van der Waals surface area contributed by atoms with Crippen molar-refractivity contribution < 1.29 is 9.15 Å². The SMILES string of the molecule is CC(NC(=NCCCN1CCOCC1)NCCc1ccco1)c1ccccc1.I. The number of hydrogen-bond donors (Lipinski definition) is 2. The predicted molar refractivity (Wildman–Crippen MR) is 128 cm³/mol. The summed E-state index contributed by atoms with van der Waals surface area (Å²) in [4.78, 5) is 7.25. The molecule has 2 aromatic rings. The molecule has 1 aliphatic rings. The van der Waals surface area contributed by atoms with Crippen LogP contribution in [-0.2, 0) is 11.2 Å². The molecule has 0 aliphatic carbocycles. The Morgan fingerprint density at radius 3 is 2.66 bits per heavy atom. The number of nitrogens with one attached hydrogen (secondary N) is 2. The highest BCUT2D eigenvalue weighted by molar-refractivity contribution is 14.0. The number of aliphatic imine (C=N–C) groups is 1. The largest absolute Gasteiger partial charge is 0.469 e. The van der Waals surface area contributed by atoms with E-state index < -0.39 is 0 Å². The average Bonchev–Trinajstić information content (AvgIpc) is 3.26. The van der Waals surface area contributed by atoms with E-state index in [4.69, 9.17) is 14.1 Å². The van der Waals surface area contributed by atoms with Crippen molar-refractivity contribution in [1.29, 1.82) is 0 Å². The van der Waals surface area contributed by atoms with Crippen LogP contribution < -0.4 is 10.6 Å². The van der Waals surface area contributed by atoms with Crippen molar-refractivity contribution in [2.45, 2.75) is 25.8 Å². The number of guanidine groups is 1. The molecule has 0 radical (unpaired) electrons. The number of benzene rings is 1. The van der Waals surface area contributed by atoms with Gasteiger partial charge in [0.2, 0.25) is 0 Å². The van der Waals surface area contributed by atoms with Gasteiger partial charge in [-0.2, -0.15) is 0 Å². The van der Waals surface area contributed by atoms with E-state index in [2.05, 4.69) is 46.7 Å². The van der Waals surface area contributed by atoms with Gasteiger partial charge in [0.1, 0.15) is 5.76 Å². The molecule has 160 valence electrons. The molecule has 0 spiro atoms. The zero-order valence-corrected chi connectivity index (χ0v) is 19.5. The molecular formula is C22H33IN4O2. The molecule has 7 heteroatoms. The van der Waals surface area contributed by atoms with Gasteiger partial charge < -0.3 is 19.8 Å². The number of furan rings is 1. The molecule has 1 atom stereocenters. The fraction of sp³-hybridized carbons (Fsp3) is 0.500. The first kappa shape index (κ1) is 23.7. The van der Waals surface area contributed by atoms with Crippen molar-refractivity contribution in [3.05, 3.63) is 60.1 Å². The van der Waals surface area contributed by atoms with E-state index in [9.17, 15) is 0 Å². The van der Waals surface area contributed by atoms with Crippen LogP contribution in [0.5, 0.6) is 0 Å². The number of rotatable bonds is 9. The molecule has 6 nitrogen and oxygen atoms in total. The van der Waals surface area contributed by atoms with Gasteiger partial charge in [-0.15, -0.1) is 24.0 Å². The van der Waals surface area contributed by atoms with Crippen LogP contribution in [0.3, 0.4) is 0 Å².